The Hall–Kier alpha value is -1.88. The summed E-state index contributed by atoms with van der Waals surface area (Å²) in [5, 5.41) is 1.84. The molecule has 4 nitrogen and oxygen atoms in total. The third kappa shape index (κ3) is 2.78. The molecule has 2 heterocycles. The number of fused-ring (bicyclic) bond motifs is 1. The summed E-state index contributed by atoms with van der Waals surface area (Å²) in [5.74, 6) is 0.0969. The van der Waals surface area contributed by atoms with Gasteiger partial charge < -0.3 is 9.47 Å². The fourth-order valence-corrected chi connectivity index (χ4v) is 3.57. The van der Waals surface area contributed by atoms with E-state index in [9.17, 15) is 9.59 Å². The monoisotopic (exact) mass is 302 g/mol. The molecule has 0 N–H and O–H groups in total. The van der Waals surface area contributed by atoms with Crippen LogP contribution in [-0.4, -0.2) is 17.0 Å². The average Bonchev–Trinajstić information content (AvgIpc) is 2.83. The second kappa shape index (κ2) is 5.85. The first kappa shape index (κ1) is 14.1. The van der Waals surface area contributed by atoms with Crippen molar-refractivity contribution in [2.45, 2.75) is 32.7 Å². The largest absolute Gasteiger partial charge is 0.312 e. The lowest BCUT2D eigenvalue weighted by atomic mass is 10.0. The smallest absolute Gasteiger partial charge is 0.307 e. The third-order valence-corrected chi connectivity index (χ3v) is 4.82. The predicted molar refractivity (Wildman–Crippen MR) is 85.0 cm³/mol. The molecule has 0 saturated heterocycles. The van der Waals surface area contributed by atoms with Crippen molar-refractivity contribution in [2.75, 3.05) is 11.4 Å². The summed E-state index contributed by atoms with van der Waals surface area (Å²) < 4.78 is 1.68. The molecule has 0 aliphatic carbocycles. The van der Waals surface area contributed by atoms with Crippen molar-refractivity contribution >= 4 is 22.9 Å². The molecule has 21 heavy (non-hydrogen) atoms. The zero-order valence-corrected chi connectivity index (χ0v) is 12.9. The fraction of sp³-hybridized carbons (Fsp3) is 0.375. The van der Waals surface area contributed by atoms with Crippen LogP contribution >= 0.6 is 11.3 Å². The number of aromatic nitrogens is 1. The molecule has 110 valence electrons. The van der Waals surface area contributed by atoms with Gasteiger partial charge in [0.2, 0.25) is 5.91 Å². The quantitative estimate of drug-likeness (QED) is 0.874. The molecule has 0 unspecified atom stereocenters. The molecule has 1 aromatic carbocycles. The molecule has 0 atom stereocenters. The highest BCUT2D eigenvalue weighted by Crippen LogP contribution is 2.27. The number of carbonyl (C=O) groups is 1. The number of hydrogen-bond acceptors (Lipinski definition) is 3. The minimum Gasteiger partial charge on any atom is -0.312 e. The summed E-state index contributed by atoms with van der Waals surface area (Å²) >= 11 is 1.19. The van der Waals surface area contributed by atoms with Crippen LogP contribution in [0.3, 0.4) is 0 Å². The van der Waals surface area contributed by atoms with E-state index in [1.54, 1.807) is 4.57 Å². The van der Waals surface area contributed by atoms with Crippen molar-refractivity contribution in [3.05, 3.63) is 50.6 Å². The summed E-state index contributed by atoms with van der Waals surface area (Å²) in [6.07, 6.45) is 2.40. The Morgan fingerprint density at radius 3 is 2.90 bits per heavy atom. The Kier molecular flexibility index (Phi) is 3.92. The minimum absolute atomic E-state index is 0.0133. The zero-order valence-electron chi connectivity index (χ0n) is 12.0. The Labute approximate surface area is 127 Å². The van der Waals surface area contributed by atoms with E-state index in [2.05, 4.69) is 6.07 Å². The van der Waals surface area contributed by atoms with E-state index in [1.165, 1.54) is 16.9 Å². The standard InChI is InChI=1S/C16H18N2O2S/c1-12-11-21-16(20)17(12)10-8-15(19)18-9-4-6-13-5-2-3-7-14(13)18/h2-3,5,7,11H,4,6,8-10H2,1H3. The van der Waals surface area contributed by atoms with Crippen LogP contribution in [0.15, 0.2) is 34.4 Å². The van der Waals surface area contributed by atoms with Crippen molar-refractivity contribution in [1.29, 1.82) is 0 Å². The van der Waals surface area contributed by atoms with Crippen LogP contribution in [0.25, 0.3) is 0 Å². The van der Waals surface area contributed by atoms with Crippen LogP contribution in [-0.2, 0) is 17.8 Å². The summed E-state index contributed by atoms with van der Waals surface area (Å²) in [7, 11) is 0. The van der Waals surface area contributed by atoms with Gasteiger partial charge in [-0.3, -0.25) is 9.59 Å². The SMILES string of the molecule is Cc1csc(=O)n1CCC(=O)N1CCCc2ccccc21. The molecule has 0 spiro atoms. The van der Waals surface area contributed by atoms with Crippen molar-refractivity contribution in [3.8, 4) is 0 Å². The van der Waals surface area contributed by atoms with Gasteiger partial charge in [0.05, 0.1) is 0 Å². The lowest BCUT2D eigenvalue weighted by molar-refractivity contribution is -0.118. The fourth-order valence-electron chi connectivity index (χ4n) is 2.81. The molecular weight excluding hydrogens is 284 g/mol. The Balaban J connectivity index is 1.74. The van der Waals surface area contributed by atoms with Gasteiger partial charge in [0.1, 0.15) is 0 Å². The van der Waals surface area contributed by atoms with Crippen LogP contribution in [0, 0.1) is 6.92 Å². The summed E-state index contributed by atoms with van der Waals surface area (Å²) in [6, 6.07) is 8.08. The molecule has 0 bridgehead atoms. The van der Waals surface area contributed by atoms with Crippen LogP contribution in [0.1, 0.15) is 24.1 Å². The maximum atomic E-state index is 12.5. The zero-order chi connectivity index (χ0) is 14.8. The van der Waals surface area contributed by atoms with Gasteiger partial charge in [0, 0.05) is 36.3 Å². The molecule has 0 fully saturated rings. The molecule has 2 aromatic rings. The summed E-state index contributed by atoms with van der Waals surface area (Å²) in [4.78, 5) is 26.1. The van der Waals surface area contributed by atoms with Crippen LogP contribution in [0.2, 0.25) is 0 Å². The predicted octanol–water partition coefficient (Wildman–Crippen LogP) is 2.59. The van der Waals surface area contributed by atoms with Gasteiger partial charge in [-0.05, 0) is 31.4 Å². The normalized spacial score (nSPS) is 14.0. The van der Waals surface area contributed by atoms with E-state index in [0.29, 0.717) is 13.0 Å². The highest BCUT2D eigenvalue weighted by atomic mass is 32.1. The number of thiazole rings is 1. The van der Waals surface area contributed by atoms with Crippen LogP contribution in [0.4, 0.5) is 5.69 Å². The molecule has 0 saturated carbocycles. The van der Waals surface area contributed by atoms with Gasteiger partial charge in [-0.25, -0.2) is 0 Å². The highest BCUT2D eigenvalue weighted by Gasteiger charge is 2.21. The summed E-state index contributed by atoms with van der Waals surface area (Å²) in [6.45, 7) is 3.14. The van der Waals surface area contributed by atoms with Gasteiger partial charge in [-0.15, -0.1) is 0 Å². The van der Waals surface area contributed by atoms with Gasteiger partial charge in [-0.1, -0.05) is 29.5 Å². The second-order valence-corrected chi connectivity index (χ2v) is 6.14. The van der Waals surface area contributed by atoms with Crippen molar-refractivity contribution < 1.29 is 4.79 Å². The highest BCUT2D eigenvalue weighted by molar-refractivity contribution is 7.07. The van der Waals surface area contributed by atoms with E-state index >= 15 is 0 Å². The lowest BCUT2D eigenvalue weighted by Crippen LogP contribution is -2.36. The summed E-state index contributed by atoms with van der Waals surface area (Å²) in [5.41, 5.74) is 3.20. The number of aryl methyl sites for hydroxylation is 2. The number of hydrogen-bond donors (Lipinski definition) is 0. The van der Waals surface area contributed by atoms with Gasteiger partial charge in [0.25, 0.3) is 0 Å². The lowest BCUT2D eigenvalue weighted by Gasteiger charge is -2.29. The van der Waals surface area contributed by atoms with Crippen LogP contribution in [0.5, 0.6) is 0 Å². The number of benzene rings is 1. The number of anilines is 1. The topological polar surface area (TPSA) is 42.3 Å². The maximum absolute atomic E-state index is 12.5. The number of rotatable bonds is 3. The van der Waals surface area contributed by atoms with Crippen molar-refractivity contribution in [2.24, 2.45) is 0 Å². The molecule has 3 rings (SSSR count). The average molecular weight is 302 g/mol. The van der Waals surface area contributed by atoms with E-state index in [0.717, 1.165) is 30.8 Å². The molecule has 5 heteroatoms. The van der Waals surface area contributed by atoms with Gasteiger partial charge in [0.15, 0.2) is 0 Å². The molecule has 0 radical (unpaired) electrons. The van der Waals surface area contributed by atoms with Gasteiger partial charge >= 0.3 is 4.87 Å². The Bertz CT molecular complexity index is 717. The molecular formula is C16H18N2O2S. The first-order valence-corrected chi connectivity index (χ1v) is 8.08. The van der Waals surface area contributed by atoms with E-state index < -0.39 is 0 Å². The van der Waals surface area contributed by atoms with E-state index in [4.69, 9.17) is 0 Å². The maximum Gasteiger partial charge on any atom is 0.307 e. The molecule has 1 aliphatic heterocycles. The number of amides is 1. The first-order valence-electron chi connectivity index (χ1n) is 7.20. The molecule has 1 aliphatic rings. The third-order valence-electron chi connectivity index (χ3n) is 3.94. The van der Waals surface area contributed by atoms with Crippen LogP contribution < -0.4 is 9.77 Å². The molecule has 1 aromatic heterocycles. The Morgan fingerprint density at radius 2 is 2.14 bits per heavy atom. The minimum atomic E-state index is 0.0133. The van der Waals surface area contributed by atoms with Crippen molar-refractivity contribution in [3.63, 3.8) is 0 Å². The van der Waals surface area contributed by atoms with E-state index in [-0.39, 0.29) is 10.8 Å². The van der Waals surface area contributed by atoms with Gasteiger partial charge in [-0.2, -0.15) is 0 Å². The van der Waals surface area contributed by atoms with E-state index in [1.807, 2.05) is 35.4 Å². The number of carbonyl (C=O) groups excluding carboxylic acids is 1. The molecule has 1 amide bonds. The number of nitrogens with zero attached hydrogens (tertiary/aromatic N) is 2. The number of para-hydroxylation sites is 1. The Morgan fingerprint density at radius 1 is 1.33 bits per heavy atom. The second-order valence-electron chi connectivity index (χ2n) is 5.32. The van der Waals surface area contributed by atoms with Crippen molar-refractivity contribution in [1.82, 2.24) is 4.57 Å². The first-order chi connectivity index (χ1) is 10.2.